The molecule has 0 spiro atoms. The summed E-state index contributed by atoms with van der Waals surface area (Å²) in [6, 6.07) is 5.99. The maximum atomic E-state index is 13.6. The van der Waals surface area contributed by atoms with E-state index in [1.54, 1.807) is 0 Å². The third-order valence-corrected chi connectivity index (χ3v) is 3.87. The average molecular weight is 331 g/mol. The van der Waals surface area contributed by atoms with Gasteiger partial charge in [-0.3, -0.25) is 4.79 Å². The predicted octanol–water partition coefficient (Wildman–Crippen LogP) is 1.97. The molecule has 0 radical (unpaired) electrons. The molecule has 0 aliphatic heterocycles. The van der Waals surface area contributed by atoms with Gasteiger partial charge < -0.3 is 9.92 Å². The Kier molecular flexibility index (Phi) is 4.09. The number of halogens is 3. The largest absolute Gasteiger partial charge is 0.378 e. The van der Waals surface area contributed by atoms with Crippen molar-refractivity contribution in [3.8, 4) is 5.75 Å². The first-order valence-electron chi connectivity index (χ1n) is 5.71. The standard InChI is InChI=1S/C13H8F3NO4S/c14-8-5-6-10(12(16)11(8)15)22(19,20)21-9-4-2-1-3-7(9)13(17)18/h1-6H,(H2,17,18). The van der Waals surface area contributed by atoms with E-state index in [1.165, 1.54) is 18.2 Å². The monoisotopic (exact) mass is 331 g/mol. The van der Waals surface area contributed by atoms with Crippen LogP contribution >= 0.6 is 0 Å². The Balaban J connectivity index is 2.50. The normalized spacial score (nSPS) is 11.2. The van der Waals surface area contributed by atoms with Crippen molar-refractivity contribution in [1.29, 1.82) is 0 Å². The molecule has 0 saturated carbocycles. The van der Waals surface area contributed by atoms with Crippen molar-refractivity contribution < 1.29 is 30.6 Å². The number of rotatable bonds is 4. The molecule has 2 N–H and O–H groups in total. The lowest BCUT2D eigenvalue weighted by Crippen LogP contribution is -2.17. The van der Waals surface area contributed by atoms with Crippen LogP contribution in [0.25, 0.3) is 0 Å². The Morgan fingerprint density at radius 1 is 1.00 bits per heavy atom. The van der Waals surface area contributed by atoms with Crippen molar-refractivity contribution >= 4 is 16.0 Å². The first-order chi connectivity index (χ1) is 10.2. The lowest BCUT2D eigenvalue weighted by molar-refractivity contribution is 0.0999. The van der Waals surface area contributed by atoms with Gasteiger partial charge in [-0.25, -0.2) is 13.2 Å². The van der Waals surface area contributed by atoms with E-state index >= 15 is 0 Å². The van der Waals surface area contributed by atoms with E-state index in [1.807, 2.05) is 0 Å². The minimum atomic E-state index is -4.83. The molecule has 5 nitrogen and oxygen atoms in total. The number of nitrogens with two attached hydrogens (primary N) is 1. The summed E-state index contributed by atoms with van der Waals surface area (Å²) in [4.78, 5) is 9.97. The maximum absolute atomic E-state index is 13.6. The molecular formula is C13H8F3NO4S. The molecule has 0 heterocycles. The van der Waals surface area contributed by atoms with Gasteiger partial charge >= 0.3 is 10.1 Å². The summed E-state index contributed by atoms with van der Waals surface area (Å²) in [5, 5.41) is 0. The molecule has 0 aliphatic carbocycles. The lowest BCUT2D eigenvalue weighted by Gasteiger charge is -2.10. The summed E-state index contributed by atoms with van der Waals surface area (Å²) >= 11 is 0. The number of benzene rings is 2. The summed E-state index contributed by atoms with van der Waals surface area (Å²) in [7, 11) is -4.83. The summed E-state index contributed by atoms with van der Waals surface area (Å²) in [5.74, 6) is -6.85. The third-order valence-electron chi connectivity index (χ3n) is 2.62. The van der Waals surface area contributed by atoms with E-state index in [0.29, 0.717) is 12.1 Å². The molecule has 22 heavy (non-hydrogen) atoms. The van der Waals surface area contributed by atoms with Crippen LogP contribution in [0.3, 0.4) is 0 Å². The molecule has 9 heteroatoms. The Morgan fingerprint density at radius 2 is 1.64 bits per heavy atom. The van der Waals surface area contributed by atoms with Gasteiger partial charge in [0.05, 0.1) is 5.56 Å². The van der Waals surface area contributed by atoms with Crippen molar-refractivity contribution in [2.24, 2.45) is 5.73 Å². The number of amides is 1. The van der Waals surface area contributed by atoms with Crippen LogP contribution in [0.4, 0.5) is 13.2 Å². The zero-order valence-corrected chi connectivity index (χ0v) is 11.5. The van der Waals surface area contributed by atoms with Gasteiger partial charge in [-0.1, -0.05) is 12.1 Å². The summed E-state index contributed by atoms with van der Waals surface area (Å²) in [6.07, 6.45) is 0. The summed E-state index contributed by atoms with van der Waals surface area (Å²) < 4.78 is 68.0. The zero-order valence-electron chi connectivity index (χ0n) is 10.7. The van der Waals surface area contributed by atoms with E-state index in [2.05, 4.69) is 4.18 Å². The summed E-state index contributed by atoms with van der Waals surface area (Å²) in [5.41, 5.74) is 4.78. The minimum absolute atomic E-state index is 0.269. The van der Waals surface area contributed by atoms with Crippen LogP contribution in [0.1, 0.15) is 10.4 Å². The molecule has 0 aromatic heterocycles. The second kappa shape index (κ2) is 5.68. The van der Waals surface area contributed by atoms with Crippen LogP contribution in [-0.4, -0.2) is 14.3 Å². The van der Waals surface area contributed by atoms with Crippen LogP contribution in [0, 0.1) is 17.5 Å². The molecule has 0 saturated heterocycles. The average Bonchev–Trinajstić information content (AvgIpc) is 2.44. The Morgan fingerprint density at radius 3 is 2.27 bits per heavy atom. The predicted molar refractivity (Wildman–Crippen MR) is 69.1 cm³/mol. The topological polar surface area (TPSA) is 86.5 Å². The second-order valence-corrected chi connectivity index (χ2v) is 5.59. The number of carbonyl (C=O) groups excluding carboxylic acids is 1. The van der Waals surface area contributed by atoms with E-state index < -0.39 is 44.1 Å². The molecular weight excluding hydrogens is 323 g/mol. The maximum Gasteiger partial charge on any atom is 0.342 e. The quantitative estimate of drug-likeness (QED) is 0.685. The third kappa shape index (κ3) is 2.89. The number of hydrogen-bond acceptors (Lipinski definition) is 4. The van der Waals surface area contributed by atoms with E-state index in [0.717, 1.165) is 6.07 Å². The highest BCUT2D eigenvalue weighted by Gasteiger charge is 2.27. The zero-order chi connectivity index (χ0) is 16.5. The highest BCUT2D eigenvalue weighted by Crippen LogP contribution is 2.25. The Bertz CT molecular complexity index is 852. The number of para-hydroxylation sites is 1. The first-order valence-corrected chi connectivity index (χ1v) is 7.11. The fourth-order valence-electron chi connectivity index (χ4n) is 1.61. The van der Waals surface area contributed by atoms with Crippen molar-refractivity contribution in [2.45, 2.75) is 4.90 Å². The molecule has 1 amide bonds. The lowest BCUT2D eigenvalue weighted by atomic mass is 10.2. The fourth-order valence-corrected chi connectivity index (χ4v) is 2.62. The van der Waals surface area contributed by atoms with Gasteiger partial charge in [0, 0.05) is 0 Å². The number of primary amides is 1. The molecule has 0 bridgehead atoms. The molecule has 0 aliphatic rings. The van der Waals surface area contributed by atoms with Crippen LogP contribution in [0.5, 0.6) is 5.75 Å². The molecule has 0 fully saturated rings. The second-order valence-electron chi connectivity index (χ2n) is 4.07. The van der Waals surface area contributed by atoms with Gasteiger partial charge in [0.15, 0.2) is 23.2 Å². The van der Waals surface area contributed by atoms with Gasteiger partial charge in [-0.2, -0.15) is 8.42 Å². The van der Waals surface area contributed by atoms with Crippen molar-refractivity contribution in [2.75, 3.05) is 0 Å². The van der Waals surface area contributed by atoms with Gasteiger partial charge in [-0.15, -0.1) is 0 Å². The van der Waals surface area contributed by atoms with E-state index in [4.69, 9.17) is 5.73 Å². The fraction of sp³-hybridized carbons (Fsp3) is 0. The van der Waals surface area contributed by atoms with Crippen LogP contribution in [0.15, 0.2) is 41.3 Å². The molecule has 2 aromatic carbocycles. The minimum Gasteiger partial charge on any atom is -0.378 e. The first kappa shape index (κ1) is 15.8. The van der Waals surface area contributed by atoms with E-state index in [-0.39, 0.29) is 5.56 Å². The highest BCUT2D eigenvalue weighted by atomic mass is 32.2. The molecule has 0 unspecified atom stereocenters. The smallest absolute Gasteiger partial charge is 0.342 e. The van der Waals surface area contributed by atoms with Crippen LogP contribution in [0.2, 0.25) is 0 Å². The van der Waals surface area contributed by atoms with Gasteiger partial charge in [0.2, 0.25) is 0 Å². The van der Waals surface area contributed by atoms with Gasteiger partial charge in [0.25, 0.3) is 5.91 Å². The SMILES string of the molecule is NC(=O)c1ccccc1OS(=O)(=O)c1ccc(F)c(F)c1F. The highest BCUT2D eigenvalue weighted by molar-refractivity contribution is 7.87. The number of carbonyl (C=O) groups is 1. The van der Waals surface area contributed by atoms with Crippen LogP contribution < -0.4 is 9.92 Å². The molecule has 116 valence electrons. The van der Waals surface area contributed by atoms with Crippen molar-refractivity contribution in [1.82, 2.24) is 0 Å². The molecule has 2 aromatic rings. The van der Waals surface area contributed by atoms with Crippen molar-refractivity contribution in [3.63, 3.8) is 0 Å². The molecule has 0 atom stereocenters. The Labute approximate surface area is 123 Å². The van der Waals surface area contributed by atoms with E-state index in [9.17, 15) is 26.4 Å². The van der Waals surface area contributed by atoms with Crippen LogP contribution in [-0.2, 0) is 10.1 Å². The summed E-state index contributed by atoms with van der Waals surface area (Å²) in [6.45, 7) is 0. The van der Waals surface area contributed by atoms with Crippen molar-refractivity contribution in [3.05, 3.63) is 59.4 Å². The van der Waals surface area contributed by atoms with Gasteiger partial charge in [-0.05, 0) is 24.3 Å². The molecule has 2 rings (SSSR count). The van der Waals surface area contributed by atoms with Gasteiger partial charge in [0.1, 0.15) is 4.90 Å². The Hall–Kier alpha value is -2.55. The number of hydrogen-bond donors (Lipinski definition) is 1.